The molecule has 1 aliphatic rings. The smallest absolute Gasteiger partial charge is 0.163 e. The van der Waals surface area contributed by atoms with Crippen molar-refractivity contribution < 1.29 is 4.79 Å². The van der Waals surface area contributed by atoms with Crippen molar-refractivity contribution in [3.63, 3.8) is 0 Å². The van der Waals surface area contributed by atoms with E-state index < -0.39 is 0 Å². The van der Waals surface area contributed by atoms with Gasteiger partial charge in [-0.05, 0) is 70.3 Å². The van der Waals surface area contributed by atoms with E-state index in [2.05, 4.69) is 45.6 Å². The number of benzene rings is 1. The van der Waals surface area contributed by atoms with E-state index in [4.69, 9.17) is 0 Å². The standard InChI is InChI=1S/C23H29N5O/c1-15(29)21-13-24-22-9-6-17(18-11-25-26-12-18)10-20(22)23(21)27-19-7-4-16(5-8-19)14-28(2)3/h6,9-13,16,19H,4-5,7-8,14H2,1-3H3,(H,24,27)(H,25,26)/t16-,19-. The van der Waals surface area contributed by atoms with Gasteiger partial charge in [-0.3, -0.25) is 14.9 Å². The van der Waals surface area contributed by atoms with Gasteiger partial charge in [-0.1, -0.05) is 6.07 Å². The molecular formula is C23H29N5O. The number of aromatic nitrogens is 3. The fourth-order valence-electron chi connectivity index (χ4n) is 4.41. The molecule has 1 fully saturated rings. The molecular weight excluding hydrogens is 362 g/mol. The number of anilines is 1. The average molecular weight is 392 g/mol. The number of H-pyrrole nitrogens is 1. The minimum absolute atomic E-state index is 0.0388. The quantitative estimate of drug-likeness (QED) is 0.611. The van der Waals surface area contributed by atoms with Crippen LogP contribution >= 0.6 is 0 Å². The summed E-state index contributed by atoms with van der Waals surface area (Å²) in [6, 6.07) is 6.55. The molecule has 1 saturated carbocycles. The molecule has 1 aliphatic carbocycles. The summed E-state index contributed by atoms with van der Waals surface area (Å²) in [6.45, 7) is 2.76. The second-order valence-corrected chi connectivity index (χ2v) is 8.45. The Morgan fingerprint density at radius 3 is 2.62 bits per heavy atom. The lowest BCUT2D eigenvalue weighted by atomic mass is 9.85. The lowest BCUT2D eigenvalue weighted by Crippen LogP contribution is -2.31. The predicted molar refractivity (Wildman–Crippen MR) is 117 cm³/mol. The molecule has 2 heterocycles. The lowest BCUT2D eigenvalue weighted by molar-refractivity contribution is 0.101. The van der Waals surface area contributed by atoms with E-state index >= 15 is 0 Å². The summed E-state index contributed by atoms with van der Waals surface area (Å²) in [5.41, 5.74) is 4.56. The fourth-order valence-corrected chi connectivity index (χ4v) is 4.41. The molecule has 6 nitrogen and oxygen atoms in total. The van der Waals surface area contributed by atoms with Gasteiger partial charge in [-0.2, -0.15) is 5.10 Å². The van der Waals surface area contributed by atoms with E-state index in [-0.39, 0.29) is 5.78 Å². The first-order valence-corrected chi connectivity index (χ1v) is 10.4. The fraction of sp³-hybridized carbons (Fsp3) is 0.435. The average Bonchev–Trinajstić information content (AvgIpc) is 3.23. The van der Waals surface area contributed by atoms with Gasteiger partial charge < -0.3 is 10.2 Å². The van der Waals surface area contributed by atoms with Gasteiger partial charge in [0.25, 0.3) is 0 Å². The van der Waals surface area contributed by atoms with E-state index in [1.807, 2.05) is 24.5 Å². The molecule has 0 bridgehead atoms. The highest BCUT2D eigenvalue weighted by atomic mass is 16.1. The van der Waals surface area contributed by atoms with Gasteiger partial charge in [-0.25, -0.2) is 0 Å². The maximum absolute atomic E-state index is 12.3. The highest BCUT2D eigenvalue weighted by Gasteiger charge is 2.23. The number of hydrogen-bond donors (Lipinski definition) is 2. The summed E-state index contributed by atoms with van der Waals surface area (Å²) in [5.74, 6) is 0.800. The van der Waals surface area contributed by atoms with E-state index in [0.29, 0.717) is 11.6 Å². The highest BCUT2D eigenvalue weighted by Crippen LogP contribution is 2.34. The lowest BCUT2D eigenvalue weighted by Gasteiger charge is -2.32. The predicted octanol–water partition coefficient (Wildman–Crippen LogP) is 4.36. The van der Waals surface area contributed by atoms with Crippen LogP contribution in [-0.2, 0) is 0 Å². The number of nitrogens with one attached hydrogen (secondary N) is 2. The Morgan fingerprint density at radius 2 is 1.97 bits per heavy atom. The number of ketones is 1. The van der Waals surface area contributed by atoms with Gasteiger partial charge in [0.2, 0.25) is 0 Å². The molecule has 3 aromatic rings. The van der Waals surface area contributed by atoms with Gasteiger partial charge in [0, 0.05) is 35.9 Å². The molecule has 0 saturated heterocycles. The first-order valence-electron chi connectivity index (χ1n) is 10.4. The molecule has 152 valence electrons. The molecule has 1 aromatic carbocycles. The minimum Gasteiger partial charge on any atom is -0.381 e. The van der Waals surface area contributed by atoms with Crippen molar-refractivity contribution in [3.8, 4) is 11.1 Å². The van der Waals surface area contributed by atoms with Crippen molar-refractivity contribution >= 4 is 22.4 Å². The molecule has 0 spiro atoms. The van der Waals surface area contributed by atoms with Crippen LogP contribution in [0.1, 0.15) is 43.0 Å². The SMILES string of the molecule is CC(=O)c1cnc2ccc(-c3cn[nH]c3)cc2c1N[C@H]1CC[C@H](CN(C)C)CC1. The summed E-state index contributed by atoms with van der Waals surface area (Å²) in [7, 11) is 4.29. The van der Waals surface area contributed by atoms with Gasteiger partial charge >= 0.3 is 0 Å². The monoisotopic (exact) mass is 391 g/mol. The van der Waals surface area contributed by atoms with Crippen molar-refractivity contribution in [3.05, 3.63) is 42.4 Å². The maximum Gasteiger partial charge on any atom is 0.163 e. The third-order valence-corrected chi connectivity index (χ3v) is 5.90. The molecule has 6 heteroatoms. The molecule has 29 heavy (non-hydrogen) atoms. The summed E-state index contributed by atoms with van der Waals surface area (Å²) >= 11 is 0. The maximum atomic E-state index is 12.3. The number of fused-ring (bicyclic) bond motifs is 1. The van der Waals surface area contributed by atoms with E-state index in [1.54, 1.807) is 13.1 Å². The Kier molecular flexibility index (Phi) is 5.62. The van der Waals surface area contributed by atoms with Gasteiger partial charge in [0.15, 0.2) is 5.78 Å². The number of rotatable bonds is 6. The van der Waals surface area contributed by atoms with E-state index in [1.165, 1.54) is 12.8 Å². The van der Waals surface area contributed by atoms with Crippen LogP contribution in [-0.4, -0.2) is 52.5 Å². The summed E-state index contributed by atoms with van der Waals surface area (Å²) in [6.07, 6.45) is 10.1. The Bertz CT molecular complexity index is 988. The van der Waals surface area contributed by atoms with Gasteiger partial charge in [-0.15, -0.1) is 0 Å². The van der Waals surface area contributed by atoms with Crippen LogP contribution in [0.2, 0.25) is 0 Å². The number of carbonyl (C=O) groups is 1. The molecule has 4 rings (SSSR count). The summed E-state index contributed by atoms with van der Waals surface area (Å²) in [5, 5.41) is 11.6. The number of Topliss-reactive ketones (excluding diaryl/α,β-unsaturated/α-hetero) is 1. The zero-order chi connectivity index (χ0) is 20.4. The molecule has 0 atom stereocenters. The van der Waals surface area contributed by atoms with E-state index in [9.17, 15) is 4.79 Å². The van der Waals surface area contributed by atoms with Crippen molar-refractivity contribution in [1.82, 2.24) is 20.1 Å². The first kappa shape index (κ1) is 19.6. The number of nitrogens with zero attached hydrogens (tertiary/aromatic N) is 3. The molecule has 2 N–H and O–H groups in total. The topological polar surface area (TPSA) is 73.9 Å². The van der Waals surface area contributed by atoms with Crippen molar-refractivity contribution in [1.29, 1.82) is 0 Å². The second-order valence-electron chi connectivity index (χ2n) is 8.45. The molecule has 0 aliphatic heterocycles. The highest BCUT2D eigenvalue weighted by molar-refractivity contribution is 6.07. The summed E-state index contributed by atoms with van der Waals surface area (Å²) in [4.78, 5) is 19.1. The molecule has 0 amide bonds. The number of pyridine rings is 1. The zero-order valence-electron chi connectivity index (χ0n) is 17.4. The minimum atomic E-state index is 0.0388. The van der Waals surface area contributed by atoms with Crippen LogP contribution in [0.4, 0.5) is 5.69 Å². The Morgan fingerprint density at radius 1 is 1.17 bits per heavy atom. The van der Waals surface area contributed by atoms with Crippen LogP contribution in [0.5, 0.6) is 0 Å². The zero-order valence-corrected chi connectivity index (χ0v) is 17.4. The largest absolute Gasteiger partial charge is 0.381 e. The molecule has 0 unspecified atom stereocenters. The normalized spacial score (nSPS) is 19.6. The number of aromatic amines is 1. The van der Waals surface area contributed by atoms with Crippen LogP contribution in [0.3, 0.4) is 0 Å². The molecule has 2 aromatic heterocycles. The third kappa shape index (κ3) is 4.32. The van der Waals surface area contributed by atoms with E-state index in [0.717, 1.165) is 53.0 Å². The van der Waals surface area contributed by atoms with Crippen LogP contribution in [0.15, 0.2) is 36.8 Å². The van der Waals surface area contributed by atoms with Gasteiger partial charge in [0.05, 0.1) is 23.0 Å². The van der Waals surface area contributed by atoms with Crippen molar-refractivity contribution in [2.45, 2.75) is 38.6 Å². The number of carbonyl (C=O) groups excluding carboxylic acids is 1. The van der Waals surface area contributed by atoms with Crippen molar-refractivity contribution in [2.75, 3.05) is 26.0 Å². The van der Waals surface area contributed by atoms with Gasteiger partial charge in [0.1, 0.15) is 0 Å². The third-order valence-electron chi connectivity index (χ3n) is 5.90. The Hall–Kier alpha value is -2.73. The van der Waals surface area contributed by atoms with Crippen LogP contribution in [0.25, 0.3) is 22.0 Å². The van der Waals surface area contributed by atoms with Crippen LogP contribution in [0, 0.1) is 5.92 Å². The second kappa shape index (κ2) is 8.33. The Labute approximate surface area is 171 Å². The first-order chi connectivity index (χ1) is 14.0. The van der Waals surface area contributed by atoms with Crippen LogP contribution < -0.4 is 5.32 Å². The Balaban J connectivity index is 1.65. The van der Waals surface area contributed by atoms with Crippen molar-refractivity contribution in [2.24, 2.45) is 5.92 Å². The summed E-state index contributed by atoms with van der Waals surface area (Å²) < 4.78 is 0. The molecule has 0 radical (unpaired) electrons. The number of hydrogen-bond acceptors (Lipinski definition) is 5.